The van der Waals surface area contributed by atoms with E-state index in [4.69, 9.17) is 18.9 Å². The van der Waals surface area contributed by atoms with Gasteiger partial charge in [0, 0.05) is 11.3 Å². The fraction of sp³-hybridized carbons (Fsp3) is 0.417. The van der Waals surface area contributed by atoms with Crippen LogP contribution in [0.2, 0.25) is 0 Å². The molecule has 1 N–H and O–H groups in total. The van der Waals surface area contributed by atoms with E-state index in [-0.39, 0.29) is 13.0 Å². The van der Waals surface area contributed by atoms with E-state index >= 15 is 0 Å². The van der Waals surface area contributed by atoms with Crippen molar-refractivity contribution in [2.24, 2.45) is 5.11 Å². The van der Waals surface area contributed by atoms with E-state index in [1.165, 1.54) is 6.08 Å². The van der Waals surface area contributed by atoms with Crippen molar-refractivity contribution in [1.29, 1.82) is 0 Å². The average molecular weight is 440 g/mol. The van der Waals surface area contributed by atoms with Gasteiger partial charge in [-0.15, -0.1) is 6.58 Å². The van der Waals surface area contributed by atoms with E-state index < -0.39 is 30.1 Å². The van der Waals surface area contributed by atoms with Crippen LogP contribution < -0.4 is 4.74 Å². The summed E-state index contributed by atoms with van der Waals surface area (Å²) in [5.74, 6) is -1.00. The molecule has 0 saturated carbocycles. The van der Waals surface area contributed by atoms with Crippen LogP contribution in [0.4, 0.5) is 0 Å². The second kappa shape index (κ2) is 11.1. The Balaban J connectivity index is 1.85. The summed E-state index contributed by atoms with van der Waals surface area (Å²) in [5.41, 5.74) is 11.1. The van der Waals surface area contributed by atoms with Crippen LogP contribution in [-0.2, 0) is 27.4 Å². The predicted molar refractivity (Wildman–Crippen MR) is 120 cm³/mol. The summed E-state index contributed by atoms with van der Waals surface area (Å²) < 4.78 is 23.5. The maximum atomic E-state index is 11.2. The van der Waals surface area contributed by atoms with Crippen molar-refractivity contribution in [3.05, 3.63) is 88.8 Å². The molecule has 2 aromatic carbocycles. The number of nitrogens with zero attached hydrogens (tertiary/aromatic N) is 3. The van der Waals surface area contributed by atoms with Crippen molar-refractivity contribution >= 4 is 0 Å². The fourth-order valence-electron chi connectivity index (χ4n) is 3.85. The Morgan fingerprint density at radius 2 is 1.72 bits per heavy atom. The van der Waals surface area contributed by atoms with Crippen LogP contribution in [0.25, 0.3) is 10.4 Å². The largest absolute Gasteiger partial charge is 0.497 e. The van der Waals surface area contributed by atoms with Crippen LogP contribution in [0.15, 0.2) is 72.4 Å². The Bertz CT molecular complexity index is 917. The minimum atomic E-state index is -1.75. The van der Waals surface area contributed by atoms with Crippen molar-refractivity contribution in [3.8, 4) is 5.75 Å². The quantitative estimate of drug-likeness (QED) is 0.253. The molecule has 0 aliphatic carbocycles. The van der Waals surface area contributed by atoms with Gasteiger partial charge in [-0.25, -0.2) is 0 Å². The van der Waals surface area contributed by atoms with Gasteiger partial charge in [-0.2, -0.15) is 0 Å². The molecule has 8 heteroatoms. The number of azide groups is 1. The molecule has 5 atom stereocenters. The molecule has 8 nitrogen and oxygen atoms in total. The summed E-state index contributed by atoms with van der Waals surface area (Å²) in [5, 5.41) is 15.0. The van der Waals surface area contributed by atoms with Crippen molar-refractivity contribution in [3.63, 3.8) is 0 Å². The number of rotatable bonds is 10. The molecule has 32 heavy (non-hydrogen) atoms. The molecule has 0 radical (unpaired) electrons. The molecule has 170 valence electrons. The van der Waals surface area contributed by atoms with Gasteiger partial charge < -0.3 is 24.1 Å². The molecule has 1 aliphatic rings. The first-order chi connectivity index (χ1) is 15.5. The van der Waals surface area contributed by atoms with Crippen LogP contribution in [0.5, 0.6) is 5.75 Å². The molecular weight excluding hydrogens is 410 g/mol. The third kappa shape index (κ3) is 5.68. The van der Waals surface area contributed by atoms with Gasteiger partial charge in [-0.05, 0) is 35.7 Å². The third-order valence-corrected chi connectivity index (χ3v) is 5.45. The molecule has 0 aromatic heterocycles. The second-order valence-electron chi connectivity index (χ2n) is 7.70. The van der Waals surface area contributed by atoms with Gasteiger partial charge in [0.25, 0.3) is 0 Å². The third-order valence-electron chi connectivity index (χ3n) is 5.45. The molecule has 0 spiro atoms. The molecule has 1 saturated heterocycles. The Hall–Kier alpha value is -2.87. The van der Waals surface area contributed by atoms with Crippen LogP contribution in [0.3, 0.4) is 0 Å². The molecule has 2 aromatic rings. The normalized spacial score (nSPS) is 27.3. The molecule has 3 rings (SSSR count). The first-order valence-electron chi connectivity index (χ1n) is 10.5. The maximum Gasteiger partial charge on any atom is 0.180 e. The van der Waals surface area contributed by atoms with E-state index in [1.807, 2.05) is 54.6 Å². The van der Waals surface area contributed by atoms with Gasteiger partial charge in [-0.3, -0.25) is 0 Å². The molecular formula is C24H29N3O5. The second-order valence-corrected chi connectivity index (χ2v) is 7.70. The minimum Gasteiger partial charge on any atom is -0.497 e. The van der Waals surface area contributed by atoms with Gasteiger partial charge >= 0.3 is 0 Å². The van der Waals surface area contributed by atoms with E-state index in [0.29, 0.717) is 6.61 Å². The van der Waals surface area contributed by atoms with E-state index in [9.17, 15) is 10.6 Å². The Morgan fingerprint density at radius 1 is 1.09 bits per heavy atom. The topological polar surface area (TPSA) is 106 Å². The van der Waals surface area contributed by atoms with Crippen LogP contribution in [-0.4, -0.2) is 42.4 Å². The summed E-state index contributed by atoms with van der Waals surface area (Å²) in [6.07, 6.45) is -0.234. The molecule has 0 amide bonds. The first kappa shape index (κ1) is 23.8. The molecule has 0 bridgehead atoms. The number of hydrogen-bond donors (Lipinski definition) is 1. The van der Waals surface area contributed by atoms with Crippen LogP contribution in [0.1, 0.15) is 24.5 Å². The average Bonchev–Trinajstić information content (AvgIpc) is 2.80. The number of ether oxygens (including phenoxy) is 4. The highest BCUT2D eigenvalue weighted by Gasteiger charge is 2.53. The van der Waals surface area contributed by atoms with Crippen LogP contribution >= 0.6 is 0 Å². The van der Waals surface area contributed by atoms with Crippen molar-refractivity contribution in [2.45, 2.75) is 56.7 Å². The zero-order valence-electron chi connectivity index (χ0n) is 18.3. The maximum absolute atomic E-state index is 11.2. The van der Waals surface area contributed by atoms with Gasteiger partial charge in [-0.1, -0.05) is 53.7 Å². The van der Waals surface area contributed by atoms with Gasteiger partial charge in [0.05, 0.1) is 26.4 Å². The molecule has 0 unspecified atom stereocenters. The van der Waals surface area contributed by atoms with E-state index in [2.05, 4.69) is 16.6 Å². The van der Waals surface area contributed by atoms with Gasteiger partial charge in [0.2, 0.25) is 0 Å². The fourth-order valence-corrected chi connectivity index (χ4v) is 3.85. The SMILES string of the molecule is C=CC[C@]1(O)O[C@@H](C)[C@@H](OCc2ccccc2)[C@@H](OCc2ccc(OC)cc2)[C@@H]1N=[N+]=[N-]. The first-order valence-corrected chi connectivity index (χ1v) is 10.5. The summed E-state index contributed by atoms with van der Waals surface area (Å²) in [6, 6.07) is 16.2. The predicted octanol–water partition coefficient (Wildman–Crippen LogP) is 4.53. The zero-order chi connectivity index (χ0) is 23.0. The summed E-state index contributed by atoms with van der Waals surface area (Å²) in [6.45, 7) is 6.05. The Kier molecular flexibility index (Phi) is 8.27. The lowest BCUT2D eigenvalue weighted by Crippen LogP contribution is -2.64. The summed E-state index contributed by atoms with van der Waals surface area (Å²) in [7, 11) is 1.61. The van der Waals surface area contributed by atoms with Crippen molar-refractivity contribution < 1.29 is 24.1 Å². The number of methoxy groups -OCH3 is 1. The van der Waals surface area contributed by atoms with Crippen molar-refractivity contribution in [1.82, 2.24) is 0 Å². The Labute approximate surface area is 188 Å². The van der Waals surface area contributed by atoms with Gasteiger partial charge in [0.1, 0.15) is 24.0 Å². The van der Waals surface area contributed by atoms with Crippen molar-refractivity contribution in [2.75, 3.05) is 7.11 Å². The molecule has 1 aliphatic heterocycles. The highest BCUT2D eigenvalue weighted by molar-refractivity contribution is 5.26. The molecule has 1 heterocycles. The molecule has 1 fully saturated rings. The van der Waals surface area contributed by atoms with E-state index in [1.54, 1.807) is 14.0 Å². The number of hydrogen-bond acceptors (Lipinski definition) is 6. The highest BCUT2D eigenvalue weighted by atomic mass is 16.7. The number of benzene rings is 2. The Morgan fingerprint density at radius 3 is 2.31 bits per heavy atom. The summed E-state index contributed by atoms with van der Waals surface area (Å²) >= 11 is 0. The van der Waals surface area contributed by atoms with E-state index in [0.717, 1.165) is 16.9 Å². The summed E-state index contributed by atoms with van der Waals surface area (Å²) in [4.78, 5) is 2.94. The number of aliphatic hydroxyl groups is 1. The standard InChI is InChI=1S/C24H29N3O5/c1-4-14-24(28)23(26-27-25)22(31-16-19-10-12-20(29-3)13-11-19)21(17(2)32-24)30-15-18-8-6-5-7-9-18/h4-13,17,21-23,28H,1,14-16H2,2-3H3/t17-,21+,22+,23-,24-/m0/s1. The lowest BCUT2D eigenvalue weighted by Gasteiger charge is -2.48. The minimum absolute atomic E-state index is 0.0782. The van der Waals surface area contributed by atoms with Gasteiger partial charge in [0.15, 0.2) is 5.79 Å². The lowest BCUT2D eigenvalue weighted by molar-refractivity contribution is -0.317. The van der Waals surface area contributed by atoms with Crippen LogP contribution in [0, 0.1) is 0 Å². The monoisotopic (exact) mass is 439 g/mol. The smallest absolute Gasteiger partial charge is 0.180 e. The highest BCUT2D eigenvalue weighted by Crippen LogP contribution is 2.37. The lowest BCUT2D eigenvalue weighted by atomic mass is 9.89. The zero-order valence-corrected chi connectivity index (χ0v) is 18.3.